The van der Waals surface area contributed by atoms with Crippen LogP contribution in [0.3, 0.4) is 0 Å². The van der Waals surface area contributed by atoms with Gasteiger partial charge in [-0.3, -0.25) is 9.20 Å². The number of hydrogen-bond donors (Lipinski definition) is 1. The van der Waals surface area contributed by atoms with E-state index in [-0.39, 0.29) is 6.42 Å². The van der Waals surface area contributed by atoms with E-state index in [2.05, 4.69) is 11.6 Å². The molecule has 1 aromatic carbocycles. The second-order valence-electron chi connectivity index (χ2n) is 5.82. The molecule has 3 rings (SSSR count). The van der Waals surface area contributed by atoms with Gasteiger partial charge in [0, 0.05) is 11.8 Å². The molecule has 3 aromatic rings. The summed E-state index contributed by atoms with van der Waals surface area (Å²) in [6.45, 7) is 6.09. The lowest BCUT2D eigenvalue weighted by atomic mass is 10.1. The summed E-state index contributed by atoms with van der Waals surface area (Å²) in [6.07, 6.45) is 0.988. The number of fused-ring (bicyclic) bond motifs is 1. The lowest BCUT2D eigenvalue weighted by molar-refractivity contribution is -0.136. The average Bonchev–Trinajstić information content (AvgIpc) is 2.91. The van der Waals surface area contributed by atoms with Gasteiger partial charge < -0.3 is 9.84 Å². The van der Waals surface area contributed by atoms with Gasteiger partial charge in [-0.05, 0) is 48.9 Å². The molecule has 0 fully saturated rings. The van der Waals surface area contributed by atoms with E-state index in [1.54, 1.807) is 24.3 Å². The van der Waals surface area contributed by atoms with Gasteiger partial charge in [-0.25, -0.2) is 9.37 Å². The Morgan fingerprint density at radius 2 is 2.00 bits per heavy atom. The number of rotatable bonds is 6. The van der Waals surface area contributed by atoms with E-state index in [0.717, 1.165) is 11.1 Å². The highest BCUT2D eigenvalue weighted by atomic mass is 19.1. The van der Waals surface area contributed by atoms with Crippen LogP contribution >= 0.6 is 0 Å². The Morgan fingerprint density at radius 1 is 1.28 bits per heavy atom. The normalized spacial score (nSPS) is 10.8. The largest absolute Gasteiger partial charge is 0.489 e. The number of ether oxygens (including phenoxy) is 1. The first-order valence-corrected chi connectivity index (χ1v) is 7.70. The number of aliphatic carboxylic acids is 1. The van der Waals surface area contributed by atoms with Crippen molar-refractivity contribution in [3.8, 4) is 17.0 Å². The van der Waals surface area contributed by atoms with Crippen LogP contribution in [-0.2, 0) is 11.2 Å². The highest BCUT2D eigenvalue weighted by molar-refractivity contribution is 5.76. The molecule has 0 saturated heterocycles. The van der Waals surface area contributed by atoms with Crippen molar-refractivity contribution in [2.24, 2.45) is 0 Å². The maximum Gasteiger partial charge on any atom is 0.309 e. The molecule has 0 saturated carbocycles. The summed E-state index contributed by atoms with van der Waals surface area (Å²) >= 11 is 0. The number of nitrogens with zero attached hydrogens (tertiary/aromatic N) is 2. The average molecular weight is 340 g/mol. The molecule has 0 aliphatic heterocycles. The predicted molar refractivity (Wildman–Crippen MR) is 92.2 cm³/mol. The van der Waals surface area contributed by atoms with Crippen molar-refractivity contribution in [3.63, 3.8) is 0 Å². The van der Waals surface area contributed by atoms with Gasteiger partial charge in [-0.15, -0.1) is 0 Å². The van der Waals surface area contributed by atoms with Crippen LogP contribution in [0.25, 0.3) is 16.9 Å². The molecule has 2 aromatic heterocycles. The Bertz CT molecular complexity index is 945. The maximum atomic E-state index is 13.5. The first-order valence-electron chi connectivity index (χ1n) is 7.70. The lowest BCUT2D eigenvalue weighted by Crippen LogP contribution is -2.05. The molecular formula is C19H17FN2O3. The van der Waals surface area contributed by atoms with Gasteiger partial charge in [0.2, 0.25) is 0 Å². The number of carboxylic acid groups (broad SMARTS) is 1. The number of carboxylic acids is 1. The molecule has 5 nitrogen and oxygen atoms in total. The van der Waals surface area contributed by atoms with Crippen LogP contribution in [0, 0.1) is 5.82 Å². The lowest BCUT2D eigenvalue weighted by Gasteiger charge is -2.07. The van der Waals surface area contributed by atoms with Crippen LogP contribution in [0.15, 0.2) is 54.7 Å². The van der Waals surface area contributed by atoms with Gasteiger partial charge in [0.05, 0.1) is 17.8 Å². The summed E-state index contributed by atoms with van der Waals surface area (Å²) in [7, 11) is 0. The van der Waals surface area contributed by atoms with Crippen LogP contribution in [0.4, 0.5) is 4.39 Å². The van der Waals surface area contributed by atoms with Gasteiger partial charge in [-0.1, -0.05) is 6.58 Å². The fourth-order valence-corrected chi connectivity index (χ4v) is 2.53. The molecule has 2 heterocycles. The first-order chi connectivity index (χ1) is 11.9. The molecule has 128 valence electrons. The second kappa shape index (κ2) is 6.76. The van der Waals surface area contributed by atoms with Crippen molar-refractivity contribution in [1.29, 1.82) is 0 Å². The van der Waals surface area contributed by atoms with Crippen LogP contribution in [0.1, 0.15) is 12.6 Å². The monoisotopic (exact) mass is 340 g/mol. The number of aromatic nitrogens is 2. The SMILES string of the molecule is C=C(C)COc1ccc(-c2nc3ccc(F)cn3c2CC(=O)O)cc1. The molecule has 0 radical (unpaired) electrons. The van der Waals surface area contributed by atoms with Crippen LogP contribution in [0.5, 0.6) is 5.75 Å². The van der Waals surface area contributed by atoms with Crippen molar-refractivity contribution in [2.75, 3.05) is 6.61 Å². The minimum Gasteiger partial charge on any atom is -0.489 e. The van der Waals surface area contributed by atoms with Crippen LogP contribution in [-0.4, -0.2) is 27.1 Å². The highest BCUT2D eigenvalue weighted by Gasteiger charge is 2.17. The highest BCUT2D eigenvalue weighted by Crippen LogP contribution is 2.27. The van der Waals surface area contributed by atoms with Gasteiger partial charge >= 0.3 is 5.97 Å². The minimum absolute atomic E-state index is 0.256. The van der Waals surface area contributed by atoms with Crippen molar-refractivity contribution in [3.05, 3.63) is 66.3 Å². The Balaban J connectivity index is 2.02. The second-order valence-corrected chi connectivity index (χ2v) is 5.82. The van der Waals surface area contributed by atoms with Crippen molar-refractivity contribution < 1.29 is 19.0 Å². The van der Waals surface area contributed by atoms with Crippen molar-refractivity contribution in [1.82, 2.24) is 9.38 Å². The van der Waals surface area contributed by atoms with Crippen molar-refractivity contribution in [2.45, 2.75) is 13.3 Å². The van der Waals surface area contributed by atoms with E-state index in [0.29, 0.717) is 29.4 Å². The van der Waals surface area contributed by atoms with Gasteiger partial charge in [0.1, 0.15) is 23.8 Å². The number of carbonyl (C=O) groups is 1. The summed E-state index contributed by atoms with van der Waals surface area (Å²) in [5.74, 6) is -0.776. The molecule has 0 unspecified atom stereocenters. The zero-order chi connectivity index (χ0) is 18.0. The summed E-state index contributed by atoms with van der Waals surface area (Å²) in [5.41, 5.74) is 3.09. The third kappa shape index (κ3) is 3.68. The minimum atomic E-state index is -1.01. The molecule has 0 spiro atoms. The third-order valence-electron chi connectivity index (χ3n) is 3.61. The van der Waals surface area contributed by atoms with Gasteiger partial charge in [0.15, 0.2) is 0 Å². The molecule has 6 heteroatoms. The summed E-state index contributed by atoms with van der Waals surface area (Å²) in [6, 6.07) is 10.00. The van der Waals surface area contributed by atoms with E-state index in [9.17, 15) is 14.3 Å². The molecule has 0 atom stereocenters. The van der Waals surface area contributed by atoms with Crippen LogP contribution < -0.4 is 4.74 Å². The zero-order valence-corrected chi connectivity index (χ0v) is 13.7. The Hall–Kier alpha value is -3.15. The smallest absolute Gasteiger partial charge is 0.309 e. The molecule has 0 aliphatic rings. The van der Waals surface area contributed by atoms with Gasteiger partial charge in [0.25, 0.3) is 0 Å². The molecule has 1 N–H and O–H groups in total. The maximum absolute atomic E-state index is 13.5. The standard InChI is InChI=1S/C19H17FN2O3/c1-12(2)11-25-15-6-3-13(4-7-15)19-16(9-18(23)24)22-10-14(20)5-8-17(22)21-19/h3-8,10H,1,9,11H2,2H3,(H,23,24). The number of imidazole rings is 1. The first kappa shape index (κ1) is 16.7. The number of benzene rings is 1. The molecule has 25 heavy (non-hydrogen) atoms. The summed E-state index contributed by atoms with van der Waals surface area (Å²) in [4.78, 5) is 15.7. The molecular weight excluding hydrogens is 323 g/mol. The number of hydrogen-bond acceptors (Lipinski definition) is 3. The Morgan fingerprint density at radius 3 is 2.64 bits per heavy atom. The van der Waals surface area contributed by atoms with E-state index in [4.69, 9.17) is 4.74 Å². The van der Waals surface area contributed by atoms with E-state index in [1.165, 1.54) is 22.7 Å². The fourth-order valence-electron chi connectivity index (χ4n) is 2.53. The van der Waals surface area contributed by atoms with Gasteiger partial charge in [-0.2, -0.15) is 0 Å². The third-order valence-corrected chi connectivity index (χ3v) is 3.61. The Labute approximate surface area is 144 Å². The Kier molecular flexibility index (Phi) is 4.52. The summed E-state index contributed by atoms with van der Waals surface area (Å²) in [5, 5.41) is 9.19. The van der Waals surface area contributed by atoms with Crippen molar-refractivity contribution >= 4 is 11.6 Å². The fraction of sp³-hybridized carbons (Fsp3) is 0.158. The summed E-state index contributed by atoms with van der Waals surface area (Å²) < 4.78 is 20.6. The molecule has 0 amide bonds. The predicted octanol–water partition coefficient (Wildman–Crippen LogP) is 3.72. The number of halogens is 1. The topological polar surface area (TPSA) is 63.8 Å². The quantitative estimate of drug-likeness (QED) is 0.695. The van der Waals surface area contributed by atoms with E-state index < -0.39 is 11.8 Å². The van der Waals surface area contributed by atoms with E-state index in [1.807, 2.05) is 6.92 Å². The molecule has 0 aliphatic carbocycles. The van der Waals surface area contributed by atoms with E-state index >= 15 is 0 Å². The zero-order valence-electron chi connectivity index (χ0n) is 13.7. The molecule has 0 bridgehead atoms. The number of pyridine rings is 1. The van der Waals surface area contributed by atoms with Crippen LogP contribution in [0.2, 0.25) is 0 Å².